The predicted octanol–water partition coefficient (Wildman–Crippen LogP) is 2.87. The van der Waals surface area contributed by atoms with Gasteiger partial charge in [0.1, 0.15) is 11.5 Å². The third-order valence-electron chi connectivity index (χ3n) is 2.71. The second kappa shape index (κ2) is 6.56. The van der Waals surface area contributed by atoms with Crippen LogP contribution in [0.3, 0.4) is 0 Å². The maximum Gasteiger partial charge on any atom is 0.308 e. The number of benzene rings is 2. The Labute approximate surface area is 122 Å². The molecule has 0 aromatic heterocycles. The fourth-order valence-corrected chi connectivity index (χ4v) is 1.81. The molecule has 0 unspecified atom stereocenters. The number of carbonyl (C=O) groups is 2. The van der Waals surface area contributed by atoms with E-state index in [9.17, 15) is 9.59 Å². The van der Waals surface area contributed by atoms with Gasteiger partial charge in [0.05, 0.1) is 12.7 Å². The number of nitrogens with one attached hydrogen (secondary N) is 1. The molecule has 0 saturated carbocycles. The number of ether oxygens (including phenoxy) is 2. The molecule has 0 radical (unpaired) electrons. The van der Waals surface area contributed by atoms with Gasteiger partial charge in [0, 0.05) is 12.6 Å². The van der Waals surface area contributed by atoms with Crippen molar-refractivity contribution >= 4 is 17.6 Å². The van der Waals surface area contributed by atoms with Crippen LogP contribution in [0.1, 0.15) is 17.3 Å². The monoisotopic (exact) mass is 285 g/mol. The van der Waals surface area contributed by atoms with Crippen LogP contribution in [0.25, 0.3) is 0 Å². The van der Waals surface area contributed by atoms with Gasteiger partial charge in [-0.1, -0.05) is 18.2 Å². The smallest absolute Gasteiger partial charge is 0.308 e. The Morgan fingerprint density at radius 1 is 1.05 bits per heavy atom. The second-order valence-corrected chi connectivity index (χ2v) is 4.28. The van der Waals surface area contributed by atoms with Crippen molar-refractivity contribution in [1.82, 2.24) is 0 Å². The van der Waals surface area contributed by atoms with Crippen LogP contribution in [0.15, 0.2) is 48.5 Å². The van der Waals surface area contributed by atoms with Crippen molar-refractivity contribution in [1.29, 1.82) is 0 Å². The van der Waals surface area contributed by atoms with Crippen LogP contribution in [0.4, 0.5) is 5.69 Å². The maximum absolute atomic E-state index is 12.3. The lowest BCUT2D eigenvalue weighted by molar-refractivity contribution is -0.131. The number of hydrogen-bond acceptors (Lipinski definition) is 4. The summed E-state index contributed by atoms with van der Waals surface area (Å²) in [5, 5.41) is 2.75. The Bertz CT molecular complexity index is 653. The predicted molar refractivity (Wildman–Crippen MR) is 78.7 cm³/mol. The van der Waals surface area contributed by atoms with Crippen LogP contribution in [0.5, 0.6) is 11.5 Å². The molecule has 0 aliphatic carbocycles. The number of amides is 1. The van der Waals surface area contributed by atoms with Crippen LogP contribution in [0.2, 0.25) is 0 Å². The molecule has 1 N–H and O–H groups in total. The highest BCUT2D eigenvalue weighted by Gasteiger charge is 2.14. The van der Waals surface area contributed by atoms with Gasteiger partial charge in [-0.3, -0.25) is 9.59 Å². The van der Waals surface area contributed by atoms with Crippen molar-refractivity contribution in [2.75, 3.05) is 12.4 Å². The Balaban J connectivity index is 2.27. The van der Waals surface area contributed by atoms with Gasteiger partial charge in [0.15, 0.2) is 0 Å². The SMILES string of the molecule is COc1ccc(OC(C)=O)cc1C(=O)Nc1ccccc1. The standard InChI is InChI=1S/C16H15NO4/c1-11(18)21-13-8-9-15(20-2)14(10-13)16(19)17-12-6-4-3-5-7-12/h3-10H,1-2H3,(H,17,19). The zero-order valence-electron chi connectivity index (χ0n) is 11.8. The summed E-state index contributed by atoms with van der Waals surface area (Å²) in [5.74, 6) is -0.0949. The molecule has 0 bridgehead atoms. The summed E-state index contributed by atoms with van der Waals surface area (Å²) in [7, 11) is 1.47. The van der Waals surface area contributed by atoms with Crippen molar-refractivity contribution in [3.05, 3.63) is 54.1 Å². The molecule has 0 aliphatic heterocycles. The minimum absolute atomic E-state index is 0.292. The molecule has 0 saturated heterocycles. The van der Waals surface area contributed by atoms with E-state index in [0.29, 0.717) is 22.7 Å². The maximum atomic E-state index is 12.3. The summed E-state index contributed by atoms with van der Waals surface area (Å²) in [4.78, 5) is 23.3. The highest BCUT2D eigenvalue weighted by Crippen LogP contribution is 2.25. The van der Waals surface area contributed by atoms with Crippen LogP contribution in [-0.4, -0.2) is 19.0 Å². The van der Waals surface area contributed by atoms with Crippen molar-refractivity contribution in [3.63, 3.8) is 0 Å². The lowest BCUT2D eigenvalue weighted by atomic mass is 10.1. The summed E-state index contributed by atoms with van der Waals surface area (Å²) in [5.41, 5.74) is 0.961. The van der Waals surface area contributed by atoms with E-state index in [4.69, 9.17) is 9.47 Å². The van der Waals surface area contributed by atoms with Crippen LogP contribution in [-0.2, 0) is 4.79 Å². The summed E-state index contributed by atoms with van der Waals surface area (Å²) >= 11 is 0. The number of anilines is 1. The minimum atomic E-state index is -0.449. The van der Waals surface area contributed by atoms with Gasteiger partial charge in [-0.2, -0.15) is 0 Å². The first-order valence-electron chi connectivity index (χ1n) is 6.33. The van der Waals surface area contributed by atoms with E-state index in [1.165, 1.54) is 20.1 Å². The van der Waals surface area contributed by atoms with E-state index in [-0.39, 0.29) is 5.91 Å². The molecule has 5 nitrogen and oxygen atoms in total. The fraction of sp³-hybridized carbons (Fsp3) is 0.125. The summed E-state index contributed by atoms with van der Waals surface area (Å²) in [6.45, 7) is 1.30. The molecule has 2 rings (SSSR count). The first-order valence-corrected chi connectivity index (χ1v) is 6.33. The van der Waals surface area contributed by atoms with Crippen molar-refractivity contribution in [2.24, 2.45) is 0 Å². The fourth-order valence-electron chi connectivity index (χ4n) is 1.81. The van der Waals surface area contributed by atoms with Gasteiger partial charge in [-0.25, -0.2) is 0 Å². The van der Waals surface area contributed by atoms with Crippen LogP contribution < -0.4 is 14.8 Å². The van der Waals surface area contributed by atoms with E-state index < -0.39 is 5.97 Å². The third kappa shape index (κ3) is 3.82. The molecule has 0 aliphatic rings. The summed E-state index contributed by atoms with van der Waals surface area (Å²) < 4.78 is 10.1. The molecule has 21 heavy (non-hydrogen) atoms. The van der Waals surface area contributed by atoms with Gasteiger partial charge in [-0.05, 0) is 30.3 Å². The Kier molecular flexibility index (Phi) is 4.56. The molecule has 108 valence electrons. The van der Waals surface area contributed by atoms with E-state index in [1.54, 1.807) is 24.3 Å². The quantitative estimate of drug-likeness (QED) is 0.693. The lowest BCUT2D eigenvalue weighted by Crippen LogP contribution is -2.13. The first-order chi connectivity index (χ1) is 10.1. The molecular weight excluding hydrogens is 270 g/mol. The lowest BCUT2D eigenvalue weighted by Gasteiger charge is -2.11. The average Bonchev–Trinajstić information content (AvgIpc) is 2.47. The number of hydrogen-bond donors (Lipinski definition) is 1. The Morgan fingerprint density at radius 3 is 2.38 bits per heavy atom. The zero-order chi connectivity index (χ0) is 15.2. The number of esters is 1. The van der Waals surface area contributed by atoms with Gasteiger partial charge < -0.3 is 14.8 Å². The van der Waals surface area contributed by atoms with E-state index >= 15 is 0 Å². The normalized spacial score (nSPS) is 9.81. The van der Waals surface area contributed by atoms with E-state index in [2.05, 4.69) is 5.32 Å². The third-order valence-corrected chi connectivity index (χ3v) is 2.71. The molecule has 0 fully saturated rings. The number of para-hydroxylation sites is 1. The molecule has 2 aromatic carbocycles. The number of carbonyl (C=O) groups excluding carboxylic acids is 2. The first kappa shape index (κ1) is 14.6. The molecule has 0 atom stereocenters. The van der Waals surface area contributed by atoms with Crippen LogP contribution >= 0.6 is 0 Å². The zero-order valence-corrected chi connectivity index (χ0v) is 11.8. The molecular formula is C16H15NO4. The highest BCUT2D eigenvalue weighted by atomic mass is 16.5. The summed E-state index contributed by atoms with van der Waals surface area (Å²) in [6, 6.07) is 13.7. The van der Waals surface area contributed by atoms with Gasteiger partial charge in [-0.15, -0.1) is 0 Å². The van der Waals surface area contributed by atoms with Gasteiger partial charge in [0.25, 0.3) is 5.91 Å². The molecule has 5 heteroatoms. The number of rotatable bonds is 4. The van der Waals surface area contributed by atoms with E-state index in [0.717, 1.165) is 0 Å². The molecule has 0 spiro atoms. The van der Waals surface area contributed by atoms with Crippen molar-refractivity contribution < 1.29 is 19.1 Å². The second-order valence-electron chi connectivity index (χ2n) is 4.28. The Morgan fingerprint density at radius 2 is 1.76 bits per heavy atom. The van der Waals surface area contributed by atoms with Crippen molar-refractivity contribution in [2.45, 2.75) is 6.92 Å². The van der Waals surface area contributed by atoms with Crippen molar-refractivity contribution in [3.8, 4) is 11.5 Å². The summed E-state index contributed by atoms with van der Waals surface area (Å²) in [6.07, 6.45) is 0. The van der Waals surface area contributed by atoms with Gasteiger partial charge >= 0.3 is 5.97 Å². The molecule has 2 aromatic rings. The molecule has 1 amide bonds. The topological polar surface area (TPSA) is 64.6 Å². The van der Waals surface area contributed by atoms with Crippen LogP contribution in [0, 0.1) is 0 Å². The van der Waals surface area contributed by atoms with Gasteiger partial charge in [0.2, 0.25) is 0 Å². The average molecular weight is 285 g/mol. The Hall–Kier alpha value is -2.82. The molecule has 0 heterocycles. The number of methoxy groups -OCH3 is 1. The van der Waals surface area contributed by atoms with E-state index in [1.807, 2.05) is 18.2 Å². The largest absolute Gasteiger partial charge is 0.496 e. The minimum Gasteiger partial charge on any atom is -0.496 e. The highest BCUT2D eigenvalue weighted by molar-refractivity contribution is 6.06.